The van der Waals surface area contributed by atoms with Crippen molar-refractivity contribution in [2.45, 2.75) is 13.0 Å². The predicted molar refractivity (Wildman–Crippen MR) is 68.5 cm³/mol. The normalized spacial score (nSPS) is 11.9. The molecule has 0 atom stereocenters. The molecule has 1 aromatic carbocycles. The molecule has 1 rings (SSSR count). The largest absolute Gasteiger partial charge is 0.330 e. The summed E-state index contributed by atoms with van der Waals surface area (Å²) in [5.41, 5.74) is 6.37. The molecule has 0 saturated heterocycles. The van der Waals surface area contributed by atoms with Crippen LogP contribution in [0.25, 0.3) is 0 Å². The number of rotatable bonds is 7. The van der Waals surface area contributed by atoms with Crippen LogP contribution in [0.2, 0.25) is 0 Å². The van der Waals surface area contributed by atoms with Crippen molar-refractivity contribution >= 4 is 10.2 Å². The van der Waals surface area contributed by atoms with Gasteiger partial charge < -0.3 is 5.73 Å². The summed E-state index contributed by atoms with van der Waals surface area (Å²) < 4.78 is 27.3. The Bertz CT molecular complexity index is 420. The van der Waals surface area contributed by atoms with Gasteiger partial charge in [-0.2, -0.15) is 12.7 Å². The van der Waals surface area contributed by atoms with E-state index in [9.17, 15) is 8.42 Å². The van der Waals surface area contributed by atoms with E-state index in [-0.39, 0.29) is 0 Å². The van der Waals surface area contributed by atoms with E-state index < -0.39 is 10.2 Å². The van der Waals surface area contributed by atoms with Crippen molar-refractivity contribution in [2.24, 2.45) is 5.73 Å². The molecule has 0 aliphatic rings. The summed E-state index contributed by atoms with van der Waals surface area (Å²) in [5.74, 6) is 0. The van der Waals surface area contributed by atoms with Gasteiger partial charge in [-0.3, -0.25) is 0 Å². The zero-order chi connectivity index (χ0) is 12.7. The number of benzene rings is 1. The molecule has 0 aliphatic carbocycles. The summed E-state index contributed by atoms with van der Waals surface area (Å²) in [6.07, 6.45) is 0.647. The fraction of sp³-hybridized carbons (Fsp3) is 0.455. The first-order valence-electron chi connectivity index (χ1n) is 5.52. The average Bonchev–Trinajstić information content (AvgIpc) is 2.35. The molecule has 0 radical (unpaired) electrons. The Hall–Kier alpha value is -0.950. The first-order chi connectivity index (χ1) is 8.10. The number of nitrogens with zero attached hydrogens (tertiary/aromatic N) is 1. The average molecular weight is 257 g/mol. The van der Waals surface area contributed by atoms with E-state index in [0.29, 0.717) is 26.1 Å². The predicted octanol–water partition coefficient (Wildman–Crippen LogP) is 0.302. The third-order valence-electron chi connectivity index (χ3n) is 2.41. The molecule has 0 unspecified atom stereocenters. The topological polar surface area (TPSA) is 75.4 Å². The van der Waals surface area contributed by atoms with E-state index >= 15 is 0 Å². The zero-order valence-corrected chi connectivity index (χ0v) is 10.8. The lowest BCUT2D eigenvalue weighted by atomic mass is 10.2. The zero-order valence-electron chi connectivity index (χ0n) is 9.96. The van der Waals surface area contributed by atoms with Crippen LogP contribution in [0.4, 0.5) is 0 Å². The van der Waals surface area contributed by atoms with Crippen molar-refractivity contribution in [1.82, 2.24) is 9.03 Å². The first kappa shape index (κ1) is 14.1. The van der Waals surface area contributed by atoms with Gasteiger partial charge in [0.25, 0.3) is 10.2 Å². The lowest BCUT2D eigenvalue weighted by Gasteiger charge is -2.21. The molecule has 0 fully saturated rings. The Labute approximate surface area is 103 Å². The molecular formula is C11H19N3O2S. The minimum Gasteiger partial charge on any atom is -0.330 e. The molecular weight excluding hydrogens is 238 g/mol. The third-order valence-corrected chi connectivity index (χ3v) is 3.92. The van der Waals surface area contributed by atoms with E-state index in [1.54, 1.807) is 0 Å². The molecule has 1 aromatic rings. The monoisotopic (exact) mass is 257 g/mol. The van der Waals surface area contributed by atoms with Crippen molar-refractivity contribution in [3.63, 3.8) is 0 Å². The Kier molecular flexibility index (Phi) is 5.57. The van der Waals surface area contributed by atoms with Gasteiger partial charge >= 0.3 is 0 Å². The Morgan fingerprint density at radius 1 is 1.29 bits per heavy atom. The summed E-state index contributed by atoms with van der Waals surface area (Å²) >= 11 is 0. The van der Waals surface area contributed by atoms with Crippen molar-refractivity contribution in [3.05, 3.63) is 35.9 Å². The van der Waals surface area contributed by atoms with Gasteiger partial charge in [-0.15, -0.1) is 0 Å². The van der Waals surface area contributed by atoms with Crippen LogP contribution in [0.3, 0.4) is 0 Å². The number of hydrogen-bond acceptors (Lipinski definition) is 3. The van der Waals surface area contributed by atoms with Gasteiger partial charge in [0.2, 0.25) is 0 Å². The highest BCUT2D eigenvalue weighted by molar-refractivity contribution is 7.87. The number of nitrogens with two attached hydrogens (primary N) is 1. The maximum absolute atomic E-state index is 11.8. The molecule has 0 spiro atoms. The van der Waals surface area contributed by atoms with E-state index in [4.69, 9.17) is 5.73 Å². The van der Waals surface area contributed by atoms with Gasteiger partial charge in [0, 0.05) is 20.1 Å². The highest BCUT2D eigenvalue weighted by Gasteiger charge is 2.19. The summed E-state index contributed by atoms with van der Waals surface area (Å²) in [6, 6.07) is 9.49. The van der Waals surface area contributed by atoms with E-state index in [1.165, 1.54) is 11.4 Å². The molecule has 0 bridgehead atoms. The van der Waals surface area contributed by atoms with Gasteiger partial charge in [0.05, 0.1) is 0 Å². The Morgan fingerprint density at radius 2 is 1.94 bits per heavy atom. The molecule has 0 amide bonds. The van der Waals surface area contributed by atoms with Gasteiger partial charge in [0.1, 0.15) is 0 Å². The van der Waals surface area contributed by atoms with Crippen LogP contribution in [-0.4, -0.2) is 32.9 Å². The highest BCUT2D eigenvalue weighted by atomic mass is 32.2. The highest BCUT2D eigenvalue weighted by Crippen LogP contribution is 2.08. The molecule has 0 aliphatic heterocycles. The van der Waals surface area contributed by atoms with Crippen LogP contribution in [0.1, 0.15) is 12.0 Å². The van der Waals surface area contributed by atoms with Gasteiger partial charge in [-0.05, 0) is 18.5 Å². The van der Waals surface area contributed by atoms with Crippen LogP contribution >= 0.6 is 0 Å². The fourth-order valence-electron chi connectivity index (χ4n) is 1.47. The molecule has 5 nitrogen and oxygen atoms in total. The first-order valence-corrected chi connectivity index (χ1v) is 6.97. The fourth-order valence-corrected chi connectivity index (χ4v) is 2.41. The lowest BCUT2D eigenvalue weighted by molar-refractivity contribution is 0.396. The van der Waals surface area contributed by atoms with Crippen molar-refractivity contribution in [2.75, 3.05) is 20.1 Å². The second-order valence-electron chi connectivity index (χ2n) is 3.67. The summed E-state index contributed by atoms with van der Waals surface area (Å²) in [7, 11) is -1.99. The third kappa shape index (κ3) is 4.43. The summed E-state index contributed by atoms with van der Waals surface area (Å²) in [5, 5.41) is 0. The second kappa shape index (κ2) is 6.70. The van der Waals surface area contributed by atoms with E-state index in [0.717, 1.165) is 5.56 Å². The van der Waals surface area contributed by atoms with E-state index in [1.807, 2.05) is 30.3 Å². The maximum atomic E-state index is 11.8. The summed E-state index contributed by atoms with van der Waals surface area (Å²) in [6.45, 7) is 1.27. The Morgan fingerprint density at radius 3 is 2.47 bits per heavy atom. The Balaban J connectivity index is 2.78. The van der Waals surface area contributed by atoms with Crippen LogP contribution in [0.5, 0.6) is 0 Å². The molecule has 6 heteroatoms. The minimum atomic E-state index is -3.40. The van der Waals surface area contributed by atoms with Crippen LogP contribution in [0, 0.1) is 0 Å². The molecule has 96 valence electrons. The number of hydrogen-bond donors (Lipinski definition) is 2. The lowest BCUT2D eigenvalue weighted by Crippen LogP contribution is -2.39. The molecule has 0 heterocycles. The second-order valence-corrected chi connectivity index (χ2v) is 5.55. The molecule has 17 heavy (non-hydrogen) atoms. The molecule has 3 N–H and O–H groups in total. The van der Waals surface area contributed by atoms with Crippen molar-refractivity contribution in [1.29, 1.82) is 0 Å². The standard InChI is InChI=1S/C11H19N3O2S/c1-13-17(15,16)14(9-5-8-12)10-11-6-3-2-4-7-11/h2-4,6-7,13H,5,8-10,12H2,1H3. The summed E-state index contributed by atoms with van der Waals surface area (Å²) in [4.78, 5) is 0. The SMILES string of the molecule is CNS(=O)(=O)N(CCCN)Cc1ccccc1. The van der Waals surface area contributed by atoms with Gasteiger partial charge in [-0.1, -0.05) is 30.3 Å². The van der Waals surface area contributed by atoms with Crippen molar-refractivity contribution in [3.8, 4) is 0 Å². The van der Waals surface area contributed by atoms with Crippen LogP contribution in [-0.2, 0) is 16.8 Å². The number of nitrogens with one attached hydrogen (secondary N) is 1. The van der Waals surface area contributed by atoms with Crippen LogP contribution in [0.15, 0.2) is 30.3 Å². The van der Waals surface area contributed by atoms with Crippen molar-refractivity contribution < 1.29 is 8.42 Å². The molecule has 0 aromatic heterocycles. The smallest absolute Gasteiger partial charge is 0.279 e. The van der Waals surface area contributed by atoms with Crippen LogP contribution < -0.4 is 10.5 Å². The quantitative estimate of drug-likeness (QED) is 0.738. The van der Waals surface area contributed by atoms with Gasteiger partial charge in [-0.25, -0.2) is 4.72 Å². The minimum absolute atomic E-state index is 0.365. The van der Waals surface area contributed by atoms with Gasteiger partial charge in [0.15, 0.2) is 0 Å². The molecule has 0 saturated carbocycles. The van der Waals surface area contributed by atoms with E-state index in [2.05, 4.69) is 4.72 Å². The maximum Gasteiger partial charge on any atom is 0.279 e.